The van der Waals surface area contributed by atoms with Crippen LogP contribution in [0.25, 0.3) is 0 Å². The van der Waals surface area contributed by atoms with Crippen molar-refractivity contribution < 1.29 is 5.21 Å². The molecule has 0 heterocycles. The lowest BCUT2D eigenvalue weighted by molar-refractivity contribution is 0.318. The van der Waals surface area contributed by atoms with E-state index < -0.39 is 0 Å². The molecule has 2 rings (SSSR count). The first-order valence-corrected chi connectivity index (χ1v) is 7.01. The van der Waals surface area contributed by atoms with E-state index in [1.807, 2.05) is 24.3 Å². The van der Waals surface area contributed by atoms with Gasteiger partial charge in [0.25, 0.3) is 0 Å². The maximum Gasteiger partial charge on any atom is 0.170 e. The van der Waals surface area contributed by atoms with Gasteiger partial charge in [-0.05, 0) is 29.7 Å². The number of rotatable bonds is 5. The maximum absolute atomic E-state index is 8.65. The van der Waals surface area contributed by atoms with E-state index in [9.17, 15) is 0 Å². The normalized spacial score (nSPS) is 11.4. The summed E-state index contributed by atoms with van der Waals surface area (Å²) in [5.41, 5.74) is 9.98. The third-order valence-corrected chi connectivity index (χ3v) is 3.56. The van der Waals surface area contributed by atoms with Gasteiger partial charge < -0.3 is 15.8 Å². The number of anilines is 1. The number of nitrogens with two attached hydrogens (primary N) is 1. The molecule has 4 nitrogen and oxygen atoms in total. The SMILES string of the molecule is CCc1ccc(N(C)Cc2ccc(C(N)=NO)cc2)cc1. The van der Waals surface area contributed by atoms with Crippen molar-refractivity contribution >= 4 is 11.5 Å². The Morgan fingerprint density at radius 2 is 1.62 bits per heavy atom. The van der Waals surface area contributed by atoms with Gasteiger partial charge in [0, 0.05) is 24.8 Å². The van der Waals surface area contributed by atoms with E-state index >= 15 is 0 Å². The van der Waals surface area contributed by atoms with E-state index in [0.717, 1.165) is 18.5 Å². The van der Waals surface area contributed by atoms with Gasteiger partial charge in [-0.1, -0.05) is 48.5 Å². The second-order valence-corrected chi connectivity index (χ2v) is 5.06. The number of nitrogens with zero attached hydrogens (tertiary/aromatic N) is 2. The molecule has 0 aliphatic heterocycles. The fourth-order valence-corrected chi connectivity index (χ4v) is 2.19. The van der Waals surface area contributed by atoms with Crippen LogP contribution in [0.3, 0.4) is 0 Å². The van der Waals surface area contributed by atoms with E-state index in [1.54, 1.807) is 0 Å². The van der Waals surface area contributed by atoms with Crippen LogP contribution in [0, 0.1) is 0 Å². The fraction of sp³-hybridized carbons (Fsp3) is 0.235. The molecule has 0 atom stereocenters. The Morgan fingerprint density at radius 3 is 2.14 bits per heavy atom. The summed E-state index contributed by atoms with van der Waals surface area (Å²) in [6.45, 7) is 2.96. The monoisotopic (exact) mass is 283 g/mol. The summed E-state index contributed by atoms with van der Waals surface area (Å²) in [4.78, 5) is 2.19. The van der Waals surface area contributed by atoms with Crippen LogP contribution in [0.1, 0.15) is 23.6 Å². The van der Waals surface area contributed by atoms with Crippen LogP contribution in [-0.2, 0) is 13.0 Å². The molecule has 0 fully saturated rings. The first-order chi connectivity index (χ1) is 10.1. The smallest absolute Gasteiger partial charge is 0.170 e. The molecule has 4 heteroatoms. The fourth-order valence-electron chi connectivity index (χ4n) is 2.19. The molecule has 21 heavy (non-hydrogen) atoms. The summed E-state index contributed by atoms with van der Waals surface area (Å²) in [7, 11) is 2.07. The highest BCUT2D eigenvalue weighted by atomic mass is 16.4. The molecule has 0 amide bonds. The standard InChI is InChI=1S/C17H21N3O/c1-3-13-6-10-16(11-7-13)20(2)12-14-4-8-15(9-5-14)17(18)19-21/h4-11,21H,3,12H2,1-2H3,(H2,18,19). The highest BCUT2D eigenvalue weighted by molar-refractivity contribution is 5.96. The van der Waals surface area contributed by atoms with E-state index in [1.165, 1.54) is 16.8 Å². The van der Waals surface area contributed by atoms with Gasteiger partial charge in [0.15, 0.2) is 5.84 Å². The highest BCUT2D eigenvalue weighted by Gasteiger charge is 2.04. The summed E-state index contributed by atoms with van der Waals surface area (Å²) in [6, 6.07) is 16.3. The van der Waals surface area contributed by atoms with Crippen LogP contribution in [0.5, 0.6) is 0 Å². The first-order valence-electron chi connectivity index (χ1n) is 7.01. The topological polar surface area (TPSA) is 61.8 Å². The number of hydrogen-bond donors (Lipinski definition) is 2. The average molecular weight is 283 g/mol. The Kier molecular flexibility index (Phi) is 4.82. The molecule has 0 spiro atoms. The number of hydrogen-bond acceptors (Lipinski definition) is 3. The van der Waals surface area contributed by atoms with Gasteiger partial charge >= 0.3 is 0 Å². The van der Waals surface area contributed by atoms with Gasteiger partial charge in [0.05, 0.1) is 0 Å². The van der Waals surface area contributed by atoms with Crippen LogP contribution in [-0.4, -0.2) is 18.1 Å². The highest BCUT2D eigenvalue weighted by Crippen LogP contribution is 2.17. The Labute approximate surface area is 125 Å². The second kappa shape index (κ2) is 6.79. The van der Waals surface area contributed by atoms with Gasteiger partial charge in [0.2, 0.25) is 0 Å². The molecule has 0 unspecified atom stereocenters. The predicted octanol–water partition coefficient (Wildman–Crippen LogP) is 2.98. The summed E-state index contributed by atoms with van der Waals surface area (Å²) >= 11 is 0. The largest absolute Gasteiger partial charge is 0.409 e. The molecule has 0 aliphatic rings. The molecular weight excluding hydrogens is 262 g/mol. The maximum atomic E-state index is 8.65. The van der Waals surface area contributed by atoms with Crippen LogP contribution in [0.4, 0.5) is 5.69 Å². The number of aryl methyl sites for hydroxylation is 1. The summed E-state index contributed by atoms with van der Waals surface area (Å²) < 4.78 is 0. The molecule has 0 aromatic heterocycles. The molecule has 3 N–H and O–H groups in total. The van der Waals surface area contributed by atoms with Gasteiger partial charge in [-0.15, -0.1) is 0 Å². The first kappa shape index (κ1) is 14.9. The zero-order valence-corrected chi connectivity index (χ0v) is 12.5. The van der Waals surface area contributed by atoms with Gasteiger partial charge in [0.1, 0.15) is 0 Å². The number of benzene rings is 2. The van der Waals surface area contributed by atoms with Crippen molar-refractivity contribution in [2.24, 2.45) is 10.9 Å². The third kappa shape index (κ3) is 3.75. The van der Waals surface area contributed by atoms with Gasteiger partial charge in [-0.3, -0.25) is 0 Å². The molecule has 0 saturated carbocycles. The molecule has 2 aromatic carbocycles. The lowest BCUT2D eigenvalue weighted by Gasteiger charge is -2.20. The molecule has 0 radical (unpaired) electrons. The van der Waals surface area contributed by atoms with Crippen LogP contribution < -0.4 is 10.6 Å². The van der Waals surface area contributed by atoms with Crippen molar-refractivity contribution in [3.8, 4) is 0 Å². The Balaban J connectivity index is 2.06. The summed E-state index contributed by atoms with van der Waals surface area (Å²) in [6.07, 6.45) is 1.05. The van der Waals surface area contributed by atoms with E-state index in [-0.39, 0.29) is 5.84 Å². The van der Waals surface area contributed by atoms with Gasteiger partial charge in [-0.2, -0.15) is 0 Å². The van der Waals surface area contributed by atoms with Crippen LogP contribution in [0.2, 0.25) is 0 Å². The molecule has 2 aromatic rings. The number of oxime groups is 1. The average Bonchev–Trinajstić information content (AvgIpc) is 2.55. The van der Waals surface area contributed by atoms with E-state index in [2.05, 4.69) is 48.3 Å². The lowest BCUT2D eigenvalue weighted by Crippen LogP contribution is -2.17. The Morgan fingerprint density at radius 1 is 1.05 bits per heavy atom. The van der Waals surface area contributed by atoms with Crippen molar-refractivity contribution in [3.63, 3.8) is 0 Å². The molecule has 110 valence electrons. The minimum atomic E-state index is 0.130. The van der Waals surface area contributed by atoms with E-state index in [0.29, 0.717) is 0 Å². The van der Waals surface area contributed by atoms with Crippen LogP contribution in [0.15, 0.2) is 53.7 Å². The van der Waals surface area contributed by atoms with Crippen molar-refractivity contribution in [2.75, 3.05) is 11.9 Å². The Bertz CT molecular complexity index is 603. The van der Waals surface area contributed by atoms with Crippen LogP contribution >= 0.6 is 0 Å². The van der Waals surface area contributed by atoms with E-state index in [4.69, 9.17) is 10.9 Å². The minimum absolute atomic E-state index is 0.130. The molecule has 0 bridgehead atoms. The summed E-state index contributed by atoms with van der Waals surface area (Å²) in [5, 5.41) is 11.6. The summed E-state index contributed by atoms with van der Waals surface area (Å²) in [5.74, 6) is 0.130. The zero-order chi connectivity index (χ0) is 15.2. The third-order valence-electron chi connectivity index (χ3n) is 3.56. The Hall–Kier alpha value is -2.49. The molecule has 0 saturated heterocycles. The van der Waals surface area contributed by atoms with Crippen molar-refractivity contribution in [2.45, 2.75) is 19.9 Å². The second-order valence-electron chi connectivity index (χ2n) is 5.06. The zero-order valence-electron chi connectivity index (χ0n) is 12.5. The van der Waals surface area contributed by atoms with Crippen molar-refractivity contribution in [1.82, 2.24) is 0 Å². The minimum Gasteiger partial charge on any atom is -0.409 e. The molecule has 0 aliphatic carbocycles. The number of amidine groups is 1. The quantitative estimate of drug-likeness (QED) is 0.384. The van der Waals surface area contributed by atoms with Crippen molar-refractivity contribution in [3.05, 3.63) is 65.2 Å². The molecular formula is C17H21N3O. The van der Waals surface area contributed by atoms with Crippen molar-refractivity contribution in [1.29, 1.82) is 0 Å². The van der Waals surface area contributed by atoms with Gasteiger partial charge in [-0.25, -0.2) is 0 Å². The predicted molar refractivity (Wildman–Crippen MR) is 86.9 cm³/mol. The lowest BCUT2D eigenvalue weighted by atomic mass is 10.1.